The van der Waals surface area contributed by atoms with Crippen molar-refractivity contribution in [2.75, 3.05) is 24.6 Å². The molecule has 6 nitrogen and oxygen atoms in total. The molecular weight excluding hydrogens is 246 g/mol. The highest BCUT2D eigenvalue weighted by Crippen LogP contribution is 2.18. The highest BCUT2D eigenvalue weighted by Gasteiger charge is 2.17. The fourth-order valence-electron chi connectivity index (χ4n) is 1.63. The van der Waals surface area contributed by atoms with Crippen LogP contribution in [0, 0.1) is 0 Å². The van der Waals surface area contributed by atoms with E-state index in [-0.39, 0.29) is 17.2 Å². The first kappa shape index (κ1) is 14.8. The summed E-state index contributed by atoms with van der Waals surface area (Å²) >= 11 is 0. The van der Waals surface area contributed by atoms with Crippen LogP contribution in [-0.4, -0.2) is 41.5 Å². The number of benzene rings is 1. The molecule has 0 aromatic heterocycles. The van der Waals surface area contributed by atoms with E-state index in [4.69, 9.17) is 10.8 Å². The van der Waals surface area contributed by atoms with Crippen LogP contribution in [0.3, 0.4) is 0 Å². The van der Waals surface area contributed by atoms with Crippen molar-refractivity contribution in [1.29, 1.82) is 0 Å². The lowest BCUT2D eigenvalue weighted by Gasteiger charge is -2.21. The number of hydrogen-bond donors (Lipinski definition) is 3. The van der Waals surface area contributed by atoms with Crippen molar-refractivity contribution in [3.8, 4) is 0 Å². The van der Waals surface area contributed by atoms with Crippen molar-refractivity contribution >= 4 is 23.3 Å². The molecule has 0 saturated heterocycles. The predicted molar refractivity (Wildman–Crippen MR) is 74.2 cm³/mol. The summed E-state index contributed by atoms with van der Waals surface area (Å²) in [6.45, 7) is 4.23. The third-order valence-corrected chi connectivity index (χ3v) is 2.89. The zero-order valence-corrected chi connectivity index (χ0v) is 11.3. The molecule has 1 amide bonds. The maximum Gasteiger partial charge on any atom is 0.337 e. The molecule has 1 aromatic carbocycles. The van der Waals surface area contributed by atoms with Crippen molar-refractivity contribution in [3.63, 3.8) is 0 Å². The Labute approximate surface area is 112 Å². The van der Waals surface area contributed by atoms with Crippen LogP contribution in [0.15, 0.2) is 18.2 Å². The maximum absolute atomic E-state index is 11.9. The lowest BCUT2D eigenvalue weighted by Crippen LogP contribution is -2.38. The largest absolute Gasteiger partial charge is 0.478 e. The lowest BCUT2D eigenvalue weighted by molar-refractivity contribution is -0.130. The normalized spacial score (nSPS) is 11.7. The summed E-state index contributed by atoms with van der Waals surface area (Å²) in [5.74, 6) is -1.15. The van der Waals surface area contributed by atoms with E-state index in [0.29, 0.717) is 12.2 Å². The number of carbonyl (C=O) groups excluding carboxylic acids is 1. The first-order valence-electron chi connectivity index (χ1n) is 6.01. The molecule has 1 atom stereocenters. The molecule has 4 N–H and O–H groups in total. The van der Waals surface area contributed by atoms with Gasteiger partial charge >= 0.3 is 5.97 Å². The topological polar surface area (TPSA) is 95.7 Å². The van der Waals surface area contributed by atoms with Gasteiger partial charge in [-0.3, -0.25) is 4.79 Å². The van der Waals surface area contributed by atoms with E-state index in [2.05, 4.69) is 5.32 Å². The molecule has 0 saturated carbocycles. The first-order valence-corrected chi connectivity index (χ1v) is 6.01. The molecule has 19 heavy (non-hydrogen) atoms. The van der Waals surface area contributed by atoms with Crippen molar-refractivity contribution in [2.24, 2.45) is 0 Å². The van der Waals surface area contributed by atoms with Crippen LogP contribution in [0.1, 0.15) is 24.2 Å². The maximum atomic E-state index is 11.9. The highest BCUT2D eigenvalue weighted by molar-refractivity contribution is 5.95. The van der Waals surface area contributed by atoms with Gasteiger partial charge < -0.3 is 21.1 Å². The lowest BCUT2D eigenvalue weighted by atomic mass is 10.1. The van der Waals surface area contributed by atoms with Crippen molar-refractivity contribution < 1.29 is 14.7 Å². The summed E-state index contributed by atoms with van der Waals surface area (Å²) in [5.41, 5.74) is 6.34. The van der Waals surface area contributed by atoms with E-state index in [0.717, 1.165) is 0 Å². The number of nitrogens with one attached hydrogen (secondary N) is 1. The molecule has 0 radical (unpaired) electrons. The zero-order chi connectivity index (χ0) is 14.6. The number of carboxylic acids is 1. The van der Waals surface area contributed by atoms with Crippen LogP contribution in [-0.2, 0) is 4.79 Å². The standard InChI is InChI=1S/C13H19N3O3/c1-4-16(3)12(17)8(2)15-9-5-6-11(14)10(7-9)13(18)19/h5-8,15H,4,14H2,1-3H3,(H,18,19). The van der Waals surface area contributed by atoms with Crippen molar-refractivity contribution in [3.05, 3.63) is 23.8 Å². The molecule has 1 rings (SSSR count). The number of hydrogen-bond acceptors (Lipinski definition) is 4. The number of carbonyl (C=O) groups is 2. The zero-order valence-electron chi connectivity index (χ0n) is 11.3. The third kappa shape index (κ3) is 3.61. The summed E-state index contributed by atoms with van der Waals surface area (Å²) in [7, 11) is 1.71. The van der Waals surface area contributed by atoms with Gasteiger partial charge in [0, 0.05) is 25.0 Å². The van der Waals surface area contributed by atoms with Gasteiger partial charge in [0.15, 0.2) is 0 Å². The van der Waals surface area contributed by atoms with Crippen LogP contribution >= 0.6 is 0 Å². The van der Waals surface area contributed by atoms with Crippen LogP contribution in [0.2, 0.25) is 0 Å². The molecule has 0 aliphatic rings. The molecule has 0 aliphatic heterocycles. The number of nitrogens with two attached hydrogens (primary N) is 1. The summed E-state index contributed by atoms with van der Waals surface area (Å²) < 4.78 is 0. The van der Waals surface area contributed by atoms with Crippen molar-refractivity contribution in [1.82, 2.24) is 4.90 Å². The number of anilines is 2. The first-order chi connectivity index (χ1) is 8.86. The van der Waals surface area contributed by atoms with Gasteiger partial charge in [-0.15, -0.1) is 0 Å². The number of nitrogens with zero attached hydrogens (tertiary/aromatic N) is 1. The summed E-state index contributed by atoms with van der Waals surface area (Å²) in [6.07, 6.45) is 0. The van der Waals surface area contributed by atoms with E-state index in [1.165, 1.54) is 12.1 Å². The number of carboxylic acid groups (broad SMARTS) is 1. The molecular formula is C13H19N3O3. The van der Waals surface area contributed by atoms with Gasteiger partial charge in [0.25, 0.3) is 0 Å². The molecule has 0 bridgehead atoms. The Morgan fingerprint density at radius 2 is 2.11 bits per heavy atom. The predicted octanol–water partition coefficient (Wildman–Crippen LogP) is 1.25. The fraction of sp³-hybridized carbons (Fsp3) is 0.385. The Balaban J connectivity index is 2.86. The van der Waals surface area contributed by atoms with Crippen LogP contribution in [0.4, 0.5) is 11.4 Å². The fourth-order valence-corrected chi connectivity index (χ4v) is 1.63. The van der Waals surface area contributed by atoms with Gasteiger partial charge in [-0.2, -0.15) is 0 Å². The number of rotatable bonds is 5. The Kier molecular flexibility index (Phi) is 4.74. The van der Waals surface area contributed by atoms with Gasteiger partial charge in [-0.05, 0) is 32.0 Å². The van der Waals surface area contributed by atoms with Gasteiger partial charge in [0.2, 0.25) is 5.91 Å². The van der Waals surface area contributed by atoms with E-state index in [1.54, 1.807) is 24.9 Å². The van der Waals surface area contributed by atoms with Gasteiger partial charge in [-0.1, -0.05) is 0 Å². The average molecular weight is 265 g/mol. The smallest absolute Gasteiger partial charge is 0.337 e. The second kappa shape index (κ2) is 6.08. The van der Waals surface area contributed by atoms with E-state index in [1.807, 2.05) is 6.92 Å². The SMILES string of the molecule is CCN(C)C(=O)C(C)Nc1ccc(N)c(C(=O)O)c1. The number of likely N-dealkylation sites (N-methyl/N-ethyl adjacent to an activating group) is 1. The highest BCUT2D eigenvalue weighted by atomic mass is 16.4. The summed E-state index contributed by atoms with van der Waals surface area (Å²) in [4.78, 5) is 24.4. The summed E-state index contributed by atoms with van der Waals surface area (Å²) in [5, 5.41) is 11.9. The molecule has 0 spiro atoms. The second-order valence-corrected chi connectivity index (χ2v) is 4.33. The molecule has 1 unspecified atom stereocenters. The number of nitrogen functional groups attached to an aromatic ring is 1. The Bertz CT molecular complexity index is 488. The second-order valence-electron chi connectivity index (χ2n) is 4.33. The summed E-state index contributed by atoms with van der Waals surface area (Å²) in [6, 6.07) is 4.15. The number of aromatic carboxylic acids is 1. The molecule has 1 aromatic rings. The molecule has 104 valence electrons. The molecule has 0 heterocycles. The van der Waals surface area contributed by atoms with E-state index < -0.39 is 12.0 Å². The molecule has 0 aliphatic carbocycles. The van der Waals surface area contributed by atoms with E-state index >= 15 is 0 Å². The minimum absolute atomic E-state index is 0.0218. The third-order valence-electron chi connectivity index (χ3n) is 2.89. The minimum Gasteiger partial charge on any atom is -0.478 e. The quantitative estimate of drug-likeness (QED) is 0.696. The molecule has 6 heteroatoms. The Morgan fingerprint density at radius 3 is 2.63 bits per heavy atom. The Hall–Kier alpha value is -2.24. The minimum atomic E-state index is -1.09. The van der Waals surface area contributed by atoms with Gasteiger partial charge in [0.1, 0.15) is 6.04 Å². The average Bonchev–Trinajstić information content (AvgIpc) is 2.38. The molecule has 0 fully saturated rings. The monoisotopic (exact) mass is 265 g/mol. The van der Waals surface area contributed by atoms with E-state index in [9.17, 15) is 9.59 Å². The van der Waals surface area contributed by atoms with Crippen LogP contribution < -0.4 is 11.1 Å². The van der Waals surface area contributed by atoms with Gasteiger partial charge in [-0.25, -0.2) is 4.79 Å². The van der Waals surface area contributed by atoms with Crippen LogP contribution in [0.5, 0.6) is 0 Å². The Morgan fingerprint density at radius 1 is 1.47 bits per heavy atom. The van der Waals surface area contributed by atoms with Crippen LogP contribution in [0.25, 0.3) is 0 Å². The van der Waals surface area contributed by atoms with Crippen molar-refractivity contribution in [2.45, 2.75) is 19.9 Å². The van der Waals surface area contributed by atoms with Gasteiger partial charge in [0.05, 0.1) is 5.56 Å². The number of amides is 1.